The molecule has 1 unspecified atom stereocenters. The lowest BCUT2D eigenvalue weighted by molar-refractivity contribution is -0.762. The van der Waals surface area contributed by atoms with Crippen LogP contribution in [0, 0.1) is 23.7 Å². The van der Waals surface area contributed by atoms with Gasteiger partial charge in [0.1, 0.15) is 17.7 Å². The van der Waals surface area contributed by atoms with Gasteiger partial charge in [-0.25, -0.2) is 0 Å². The van der Waals surface area contributed by atoms with Crippen molar-refractivity contribution >= 4 is 0 Å². The zero-order valence-corrected chi connectivity index (χ0v) is 17.0. The molecule has 1 heterocycles. The van der Waals surface area contributed by atoms with Crippen molar-refractivity contribution in [3.8, 4) is 11.8 Å². The summed E-state index contributed by atoms with van der Waals surface area (Å²) in [7, 11) is 0. The quantitative estimate of drug-likeness (QED) is 0.643. The molecule has 0 bridgehead atoms. The first-order valence-corrected chi connectivity index (χ1v) is 10.3. The molecule has 3 aromatic rings. The fourth-order valence-corrected chi connectivity index (χ4v) is 4.59. The van der Waals surface area contributed by atoms with Gasteiger partial charge >= 0.3 is 0 Å². The van der Waals surface area contributed by atoms with E-state index in [0.717, 1.165) is 5.56 Å². The van der Waals surface area contributed by atoms with Gasteiger partial charge in [-0.1, -0.05) is 105 Å². The van der Waals surface area contributed by atoms with Crippen LogP contribution in [0.25, 0.3) is 0 Å². The minimum atomic E-state index is -1.09. The topological polar surface area (TPSA) is 36.8 Å². The maximum absolute atomic E-state index is 11.9. The minimum Gasteiger partial charge on any atom is -0.376 e. The number of nitrogens with two attached hydrogens (primary N) is 1. The van der Waals surface area contributed by atoms with Crippen molar-refractivity contribution in [2.45, 2.75) is 31.5 Å². The van der Waals surface area contributed by atoms with Crippen LogP contribution in [0.4, 0.5) is 0 Å². The van der Waals surface area contributed by atoms with Crippen LogP contribution >= 0.6 is 0 Å². The summed E-state index contributed by atoms with van der Waals surface area (Å²) in [4.78, 5) is 0. The number of rotatable bonds is 2. The Kier molecular flexibility index (Phi) is 5.53. The molecule has 1 aliphatic rings. The third-order valence-electron chi connectivity index (χ3n) is 6.43. The number of benzene rings is 3. The van der Waals surface area contributed by atoms with Crippen molar-refractivity contribution in [3.63, 3.8) is 0 Å². The van der Waals surface area contributed by atoms with Crippen LogP contribution < -0.4 is 5.32 Å². The molecular weight excluding hydrogens is 354 g/mol. The summed E-state index contributed by atoms with van der Waals surface area (Å²) in [5.74, 6) is 6.51. The van der Waals surface area contributed by atoms with E-state index in [1.165, 1.54) is 11.1 Å². The Bertz CT molecular complexity index is 937. The van der Waals surface area contributed by atoms with E-state index in [4.69, 9.17) is 0 Å². The first kappa shape index (κ1) is 19.5. The Hall–Kier alpha value is -2.86. The summed E-state index contributed by atoms with van der Waals surface area (Å²) < 4.78 is 0. The van der Waals surface area contributed by atoms with Gasteiger partial charge in [0.15, 0.2) is 0 Å². The first-order chi connectivity index (χ1) is 14.1. The molecule has 0 radical (unpaired) electrons. The largest absolute Gasteiger partial charge is 0.376 e. The predicted octanol–water partition coefficient (Wildman–Crippen LogP) is 4.10. The molecule has 1 saturated heterocycles. The first-order valence-electron chi connectivity index (χ1n) is 10.3. The summed E-state index contributed by atoms with van der Waals surface area (Å²) in [5.41, 5.74) is 2.30. The Balaban J connectivity index is 1.78. The minimum absolute atomic E-state index is 0.0175. The van der Waals surface area contributed by atoms with Crippen LogP contribution in [0.3, 0.4) is 0 Å². The standard InChI is InChI=1S/C27H27NO/c1-20-25(23-14-8-4-9-15-23)28-26(24-16-10-5-11-17-24)21(2)27(20,29)19-18-22-12-6-3-7-13-22/h3-17,20-21,25-26,28-29H,1-2H3/p+1/t20-,21+,25-,26+,27?. The number of quaternary nitrogens is 1. The molecule has 146 valence electrons. The maximum Gasteiger partial charge on any atom is 0.142 e. The van der Waals surface area contributed by atoms with E-state index in [-0.39, 0.29) is 23.9 Å². The molecule has 29 heavy (non-hydrogen) atoms. The monoisotopic (exact) mass is 382 g/mol. The third kappa shape index (κ3) is 3.85. The SMILES string of the molecule is C[C@@H]1[C@H](c2ccccc2)[NH2+][C@H](c2ccccc2)[C@H](C)C1(O)C#Cc1ccccc1. The van der Waals surface area contributed by atoms with Gasteiger partial charge < -0.3 is 10.4 Å². The zero-order valence-electron chi connectivity index (χ0n) is 17.0. The molecule has 0 saturated carbocycles. The van der Waals surface area contributed by atoms with Crippen molar-refractivity contribution in [1.29, 1.82) is 0 Å². The second-order valence-corrected chi connectivity index (χ2v) is 8.08. The zero-order chi connectivity index (χ0) is 20.3. The van der Waals surface area contributed by atoms with Crippen molar-refractivity contribution in [2.24, 2.45) is 11.8 Å². The van der Waals surface area contributed by atoms with Gasteiger partial charge in [-0.05, 0) is 12.1 Å². The molecule has 0 amide bonds. The molecule has 4 rings (SSSR count). The van der Waals surface area contributed by atoms with Crippen LogP contribution in [0.15, 0.2) is 91.0 Å². The molecule has 0 aliphatic carbocycles. The van der Waals surface area contributed by atoms with Gasteiger partial charge in [-0.3, -0.25) is 0 Å². The number of piperidine rings is 1. The molecular formula is C27H28NO+. The highest BCUT2D eigenvalue weighted by molar-refractivity contribution is 5.38. The van der Waals surface area contributed by atoms with Gasteiger partial charge in [-0.15, -0.1) is 0 Å². The van der Waals surface area contributed by atoms with Gasteiger partial charge in [-0.2, -0.15) is 0 Å². The Morgan fingerprint density at radius 2 is 1.10 bits per heavy atom. The molecule has 3 N–H and O–H groups in total. The molecule has 5 atom stereocenters. The normalized spacial score (nSPS) is 28.9. The van der Waals surface area contributed by atoms with Crippen LogP contribution in [-0.2, 0) is 0 Å². The molecule has 0 aromatic heterocycles. The van der Waals surface area contributed by atoms with E-state index in [9.17, 15) is 5.11 Å². The fraction of sp³-hybridized carbons (Fsp3) is 0.259. The summed E-state index contributed by atoms with van der Waals surface area (Å²) in [6.45, 7) is 4.26. The molecule has 2 nitrogen and oxygen atoms in total. The number of aliphatic hydroxyl groups is 1. The van der Waals surface area contributed by atoms with E-state index >= 15 is 0 Å². The average molecular weight is 383 g/mol. The highest BCUT2D eigenvalue weighted by Gasteiger charge is 2.53. The number of hydrogen-bond donors (Lipinski definition) is 2. The molecule has 1 fully saturated rings. The fourth-order valence-electron chi connectivity index (χ4n) is 4.59. The molecule has 1 aliphatic heterocycles. The Morgan fingerprint density at radius 1 is 0.690 bits per heavy atom. The highest BCUT2D eigenvalue weighted by Crippen LogP contribution is 2.42. The van der Waals surface area contributed by atoms with Crippen molar-refractivity contribution in [2.75, 3.05) is 0 Å². The van der Waals surface area contributed by atoms with Crippen LogP contribution in [0.2, 0.25) is 0 Å². The lowest BCUT2D eigenvalue weighted by Gasteiger charge is -2.46. The smallest absolute Gasteiger partial charge is 0.142 e. The molecule has 0 spiro atoms. The second kappa shape index (κ2) is 8.25. The van der Waals surface area contributed by atoms with E-state index in [0.29, 0.717) is 0 Å². The van der Waals surface area contributed by atoms with E-state index in [1.54, 1.807) is 0 Å². The summed E-state index contributed by atoms with van der Waals surface area (Å²) in [6.07, 6.45) is 0. The van der Waals surface area contributed by atoms with E-state index in [1.807, 2.05) is 42.5 Å². The molecule has 3 aromatic carbocycles. The van der Waals surface area contributed by atoms with Crippen molar-refractivity contribution in [3.05, 3.63) is 108 Å². The third-order valence-corrected chi connectivity index (χ3v) is 6.43. The second-order valence-electron chi connectivity index (χ2n) is 8.08. The lowest BCUT2D eigenvalue weighted by atomic mass is 9.66. The van der Waals surface area contributed by atoms with Gasteiger partial charge in [0.2, 0.25) is 0 Å². The highest BCUT2D eigenvalue weighted by atomic mass is 16.3. The summed E-state index contributed by atoms with van der Waals surface area (Å²) >= 11 is 0. The maximum atomic E-state index is 11.9. The van der Waals surface area contributed by atoms with E-state index < -0.39 is 5.60 Å². The van der Waals surface area contributed by atoms with Crippen molar-refractivity contribution in [1.82, 2.24) is 0 Å². The van der Waals surface area contributed by atoms with Crippen LogP contribution in [-0.4, -0.2) is 10.7 Å². The van der Waals surface area contributed by atoms with Gasteiger partial charge in [0, 0.05) is 16.7 Å². The summed E-state index contributed by atoms with van der Waals surface area (Å²) in [5, 5.41) is 14.4. The van der Waals surface area contributed by atoms with E-state index in [2.05, 4.69) is 79.5 Å². The van der Waals surface area contributed by atoms with Crippen molar-refractivity contribution < 1.29 is 10.4 Å². The summed E-state index contributed by atoms with van der Waals surface area (Å²) in [6, 6.07) is 31.2. The predicted molar refractivity (Wildman–Crippen MR) is 117 cm³/mol. The molecule has 2 heteroatoms. The lowest BCUT2D eigenvalue weighted by Crippen LogP contribution is -2.93. The van der Waals surface area contributed by atoms with Crippen LogP contribution in [0.5, 0.6) is 0 Å². The van der Waals surface area contributed by atoms with Gasteiger partial charge in [0.25, 0.3) is 0 Å². The number of hydrogen-bond acceptors (Lipinski definition) is 1. The van der Waals surface area contributed by atoms with Gasteiger partial charge in [0.05, 0.1) is 11.8 Å². The Labute approximate surface area is 173 Å². The average Bonchev–Trinajstić information content (AvgIpc) is 2.78. The Morgan fingerprint density at radius 3 is 1.55 bits per heavy atom. The van der Waals surface area contributed by atoms with Crippen LogP contribution in [0.1, 0.15) is 42.6 Å².